The van der Waals surface area contributed by atoms with Crippen molar-refractivity contribution in [3.8, 4) is 0 Å². The molecule has 2 saturated heterocycles. The number of halogens is 1. The van der Waals surface area contributed by atoms with Gasteiger partial charge in [0.05, 0.1) is 0 Å². The first kappa shape index (κ1) is 27.9. The molecule has 2 fully saturated rings. The van der Waals surface area contributed by atoms with E-state index < -0.39 is 0 Å². The highest BCUT2D eigenvalue weighted by Crippen LogP contribution is 2.15. The Morgan fingerprint density at radius 1 is 1.00 bits per heavy atom. The Bertz CT molecular complexity index is 726. The lowest BCUT2D eigenvalue weighted by Crippen LogP contribution is -2.53. The van der Waals surface area contributed by atoms with Crippen molar-refractivity contribution in [2.24, 2.45) is 4.99 Å². The fourth-order valence-electron chi connectivity index (χ4n) is 4.44. The van der Waals surface area contributed by atoms with Crippen molar-refractivity contribution in [2.45, 2.75) is 64.2 Å². The number of amides is 1. The van der Waals surface area contributed by atoms with Crippen LogP contribution in [0.1, 0.15) is 45.1 Å². The van der Waals surface area contributed by atoms with E-state index in [4.69, 9.17) is 0 Å². The van der Waals surface area contributed by atoms with Crippen molar-refractivity contribution < 1.29 is 4.79 Å². The Morgan fingerprint density at radius 2 is 1.55 bits per heavy atom. The summed E-state index contributed by atoms with van der Waals surface area (Å²) in [5, 5.41) is 7.28. The van der Waals surface area contributed by atoms with E-state index in [1.54, 1.807) is 19.0 Å². The van der Waals surface area contributed by atoms with Gasteiger partial charge in [-0.2, -0.15) is 0 Å². The SMILES string of the molecule is CC(C)N1CCC(NC(=NCC(=O)N(C)C)NC2CCN(Cc3ccccc3)CC2)CC1.I. The Morgan fingerprint density at radius 3 is 2.06 bits per heavy atom. The molecule has 0 atom stereocenters. The molecule has 2 N–H and O–H groups in total. The van der Waals surface area contributed by atoms with Crippen molar-refractivity contribution in [3.05, 3.63) is 35.9 Å². The van der Waals surface area contributed by atoms with Crippen LogP contribution in [0.5, 0.6) is 0 Å². The summed E-state index contributed by atoms with van der Waals surface area (Å²) < 4.78 is 0. The van der Waals surface area contributed by atoms with Gasteiger partial charge in [-0.1, -0.05) is 30.3 Å². The van der Waals surface area contributed by atoms with Crippen molar-refractivity contribution in [1.82, 2.24) is 25.3 Å². The summed E-state index contributed by atoms with van der Waals surface area (Å²) in [6.45, 7) is 10.1. The Labute approximate surface area is 217 Å². The molecule has 2 heterocycles. The Balaban J connectivity index is 0.00000385. The van der Waals surface area contributed by atoms with E-state index in [1.807, 2.05) is 0 Å². The molecule has 0 saturated carbocycles. The largest absolute Gasteiger partial charge is 0.354 e. The van der Waals surface area contributed by atoms with Gasteiger partial charge in [0.1, 0.15) is 6.54 Å². The predicted octanol–water partition coefficient (Wildman–Crippen LogP) is 2.77. The van der Waals surface area contributed by atoms with Gasteiger partial charge >= 0.3 is 0 Å². The molecule has 186 valence electrons. The fourth-order valence-corrected chi connectivity index (χ4v) is 4.44. The first-order valence-electron chi connectivity index (χ1n) is 12.2. The van der Waals surface area contributed by atoms with Gasteiger partial charge in [0, 0.05) is 64.9 Å². The number of hydrogen-bond donors (Lipinski definition) is 2. The van der Waals surface area contributed by atoms with E-state index in [1.165, 1.54) is 5.56 Å². The number of piperidine rings is 2. The molecule has 8 heteroatoms. The van der Waals surface area contributed by atoms with Gasteiger partial charge in [-0.05, 0) is 45.1 Å². The standard InChI is InChI=1S/C25H42N6O.HI/c1-20(2)31-16-12-23(13-17-31)28-25(26-18-24(32)29(3)4)27-22-10-14-30(15-11-22)19-21-8-6-5-7-9-21;/h5-9,20,22-23H,10-19H2,1-4H3,(H2,26,27,28);1H. The molecular formula is C25H43IN6O. The molecule has 1 aromatic rings. The van der Waals surface area contributed by atoms with Crippen LogP contribution in [0.15, 0.2) is 35.3 Å². The summed E-state index contributed by atoms with van der Waals surface area (Å²) in [7, 11) is 3.56. The number of carbonyl (C=O) groups excluding carboxylic acids is 1. The molecule has 0 aromatic heterocycles. The van der Waals surface area contributed by atoms with Crippen molar-refractivity contribution >= 4 is 35.8 Å². The molecule has 1 aromatic carbocycles. The fraction of sp³-hybridized carbons (Fsp3) is 0.680. The molecule has 0 unspecified atom stereocenters. The number of benzene rings is 1. The summed E-state index contributed by atoms with van der Waals surface area (Å²) in [6.07, 6.45) is 4.38. The molecule has 0 bridgehead atoms. The minimum absolute atomic E-state index is 0. The monoisotopic (exact) mass is 570 g/mol. The van der Waals surface area contributed by atoms with E-state index in [0.29, 0.717) is 18.1 Å². The van der Waals surface area contributed by atoms with Gasteiger partial charge in [-0.25, -0.2) is 4.99 Å². The number of nitrogens with zero attached hydrogens (tertiary/aromatic N) is 4. The van der Waals surface area contributed by atoms with Crippen molar-refractivity contribution in [1.29, 1.82) is 0 Å². The first-order chi connectivity index (χ1) is 15.4. The second-order valence-corrected chi connectivity index (χ2v) is 9.68. The number of rotatable bonds is 7. The summed E-state index contributed by atoms with van der Waals surface area (Å²) in [6, 6.07) is 12.1. The first-order valence-corrected chi connectivity index (χ1v) is 12.2. The van der Waals surface area contributed by atoms with Crippen LogP contribution in [0.4, 0.5) is 0 Å². The lowest BCUT2D eigenvalue weighted by molar-refractivity contribution is -0.127. The van der Waals surface area contributed by atoms with Gasteiger partial charge in [-0.15, -0.1) is 24.0 Å². The number of likely N-dealkylation sites (tertiary alicyclic amines) is 2. The number of carbonyl (C=O) groups is 1. The third-order valence-corrected chi connectivity index (χ3v) is 6.65. The number of aliphatic imine (C=N–C) groups is 1. The Kier molecular flexibility index (Phi) is 11.9. The number of guanidine groups is 1. The van der Waals surface area contributed by atoms with E-state index >= 15 is 0 Å². The smallest absolute Gasteiger partial charge is 0.243 e. The zero-order chi connectivity index (χ0) is 22.9. The topological polar surface area (TPSA) is 63.2 Å². The molecule has 7 nitrogen and oxygen atoms in total. The lowest BCUT2D eigenvalue weighted by Gasteiger charge is -2.37. The van der Waals surface area contributed by atoms with Gasteiger partial charge in [0.25, 0.3) is 0 Å². The second-order valence-electron chi connectivity index (χ2n) is 9.68. The highest BCUT2D eigenvalue weighted by atomic mass is 127. The molecule has 0 aliphatic carbocycles. The minimum Gasteiger partial charge on any atom is -0.354 e. The van der Waals surface area contributed by atoms with Crippen LogP contribution >= 0.6 is 24.0 Å². The van der Waals surface area contributed by atoms with Crippen LogP contribution in [0.25, 0.3) is 0 Å². The summed E-state index contributed by atoms with van der Waals surface area (Å²) in [5.74, 6) is 0.822. The molecule has 0 radical (unpaired) electrons. The van der Waals surface area contributed by atoms with Gasteiger partial charge < -0.3 is 20.4 Å². The van der Waals surface area contributed by atoms with E-state index in [0.717, 1.165) is 64.4 Å². The molecule has 3 rings (SSSR count). The quantitative estimate of drug-likeness (QED) is 0.300. The maximum atomic E-state index is 12.1. The summed E-state index contributed by atoms with van der Waals surface area (Å²) in [4.78, 5) is 23.4. The highest BCUT2D eigenvalue weighted by Gasteiger charge is 2.24. The summed E-state index contributed by atoms with van der Waals surface area (Å²) >= 11 is 0. The normalized spacial score (nSPS) is 19.2. The zero-order valence-corrected chi connectivity index (χ0v) is 23.1. The van der Waals surface area contributed by atoms with Crippen LogP contribution in [0.2, 0.25) is 0 Å². The predicted molar refractivity (Wildman–Crippen MR) is 147 cm³/mol. The lowest BCUT2D eigenvalue weighted by atomic mass is 10.0. The van der Waals surface area contributed by atoms with Crippen LogP contribution in [0.3, 0.4) is 0 Å². The van der Waals surface area contributed by atoms with Gasteiger partial charge in [-0.3, -0.25) is 9.69 Å². The molecule has 2 aliphatic heterocycles. The van der Waals surface area contributed by atoms with Crippen molar-refractivity contribution in [3.63, 3.8) is 0 Å². The van der Waals surface area contributed by atoms with E-state index in [-0.39, 0.29) is 36.4 Å². The molecule has 0 spiro atoms. The van der Waals surface area contributed by atoms with E-state index in [9.17, 15) is 4.79 Å². The van der Waals surface area contributed by atoms with Gasteiger partial charge in [0.15, 0.2) is 5.96 Å². The van der Waals surface area contributed by atoms with Crippen LogP contribution in [-0.2, 0) is 11.3 Å². The third kappa shape index (κ3) is 9.41. The number of likely N-dealkylation sites (N-methyl/N-ethyl adjacent to an activating group) is 1. The number of hydrogen-bond acceptors (Lipinski definition) is 4. The van der Waals surface area contributed by atoms with Crippen LogP contribution in [0, 0.1) is 0 Å². The van der Waals surface area contributed by atoms with E-state index in [2.05, 4.69) is 69.6 Å². The molecule has 1 amide bonds. The van der Waals surface area contributed by atoms with Crippen LogP contribution in [-0.4, -0.2) is 91.5 Å². The third-order valence-electron chi connectivity index (χ3n) is 6.65. The summed E-state index contributed by atoms with van der Waals surface area (Å²) in [5.41, 5.74) is 1.37. The zero-order valence-electron chi connectivity index (χ0n) is 20.8. The molecular weight excluding hydrogens is 527 g/mol. The average molecular weight is 571 g/mol. The maximum absolute atomic E-state index is 12.1. The minimum atomic E-state index is 0. The molecule has 33 heavy (non-hydrogen) atoms. The maximum Gasteiger partial charge on any atom is 0.243 e. The number of nitrogens with one attached hydrogen (secondary N) is 2. The second kappa shape index (κ2) is 14.1. The average Bonchev–Trinajstić information content (AvgIpc) is 2.79. The van der Waals surface area contributed by atoms with Gasteiger partial charge in [0.2, 0.25) is 5.91 Å². The molecule has 2 aliphatic rings. The van der Waals surface area contributed by atoms with Crippen LogP contribution < -0.4 is 10.6 Å². The highest BCUT2D eigenvalue weighted by molar-refractivity contribution is 14.0. The Hall–Kier alpha value is -1.39. The van der Waals surface area contributed by atoms with Crippen molar-refractivity contribution in [2.75, 3.05) is 46.8 Å².